The third-order valence-corrected chi connectivity index (χ3v) is 5.90. The summed E-state index contributed by atoms with van der Waals surface area (Å²) >= 11 is 0. The molecule has 0 fully saturated rings. The number of rotatable bonds is 6. The molecule has 2 aromatic carbocycles. The minimum absolute atomic E-state index is 0.0787. The number of carbonyl (C=O) groups is 2. The van der Waals surface area contributed by atoms with Crippen LogP contribution in [0.4, 0.5) is 13.2 Å². The monoisotopic (exact) mass is 471 g/mol. The van der Waals surface area contributed by atoms with Gasteiger partial charge in [0, 0.05) is 18.5 Å². The highest BCUT2D eigenvalue weighted by atomic mass is 32.2. The largest absolute Gasteiger partial charge is 0.416 e. The van der Waals surface area contributed by atoms with E-state index in [1.54, 1.807) is 24.3 Å². The molecule has 0 bridgehead atoms. The molecule has 32 heavy (non-hydrogen) atoms. The van der Waals surface area contributed by atoms with Crippen molar-refractivity contribution < 1.29 is 31.2 Å². The minimum atomic E-state index is -4.68. The SMILES string of the molecule is CC(C)(C)c1ccc(C(=O)NNC(=O)CCNS(=O)(=O)c2cccc(C(F)(F)F)c2)cc1. The van der Waals surface area contributed by atoms with Gasteiger partial charge in [0.25, 0.3) is 5.91 Å². The molecular weight excluding hydrogens is 447 g/mol. The van der Waals surface area contributed by atoms with E-state index in [0.29, 0.717) is 11.6 Å². The van der Waals surface area contributed by atoms with Gasteiger partial charge in [0.1, 0.15) is 0 Å². The Morgan fingerprint density at radius 2 is 1.53 bits per heavy atom. The van der Waals surface area contributed by atoms with Crippen molar-refractivity contribution >= 4 is 21.8 Å². The molecule has 11 heteroatoms. The van der Waals surface area contributed by atoms with Crippen LogP contribution in [-0.4, -0.2) is 26.8 Å². The van der Waals surface area contributed by atoms with E-state index >= 15 is 0 Å². The van der Waals surface area contributed by atoms with Crippen molar-refractivity contribution in [2.45, 2.75) is 43.7 Å². The molecule has 0 saturated heterocycles. The van der Waals surface area contributed by atoms with E-state index in [1.807, 2.05) is 20.8 Å². The summed E-state index contributed by atoms with van der Waals surface area (Å²) in [6, 6.07) is 10.1. The quantitative estimate of drug-likeness (QED) is 0.563. The molecule has 0 spiro atoms. The zero-order chi connectivity index (χ0) is 24.2. The number of hydrazine groups is 1. The van der Waals surface area contributed by atoms with Crippen molar-refractivity contribution in [2.75, 3.05) is 6.54 Å². The lowest BCUT2D eigenvalue weighted by molar-refractivity contribution is -0.137. The summed E-state index contributed by atoms with van der Waals surface area (Å²) in [6.07, 6.45) is -5.03. The Balaban J connectivity index is 1.85. The first-order chi connectivity index (χ1) is 14.7. The number of carbonyl (C=O) groups excluding carboxylic acids is 2. The average molecular weight is 472 g/mol. The van der Waals surface area contributed by atoms with Gasteiger partial charge in [0.2, 0.25) is 15.9 Å². The molecule has 0 aliphatic carbocycles. The molecule has 0 heterocycles. The maximum Gasteiger partial charge on any atom is 0.416 e. The summed E-state index contributed by atoms with van der Waals surface area (Å²) in [7, 11) is -4.25. The maximum absolute atomic E-state index is 12.8. The van der Waals surface area contributed by atoms with Crippen molar-refractivity contribution in [3.05, 3.63) is 65.2 Å². The van der Waals surface area contributed by atoms with E-state index in [-0.39, 0.29) is 18.4 Å². The summed E-state index contributed by atoms with van der Waals surface area (Å²) in [5.41, 5.74) is 4.56. The molecule has 7 nitrogen and oxygen atoms in total. The highest BCUT2D eigenvalue weighted by Crippen LogP contribution is 2.30. The minimum Gasteiger partial charge on any atom is -0.273 e. The fraction of sp³-hybridized carbons (Fsp3) is 0.333. The zero-order valence-electron chi connectivity index (χ0n) is 17.7. The molecule has 3 N–H and O–H groups in total. The maximum atomic E-state index is 12.8. The number of halogens is 3. The lowest BCUT2D eigenvalue weighted by atomic mass is 9.87. The fourth-order valence-corrected chi connectivity index (χ4v) is 3.68. The van der Waals surface area contributed by atoms with Crippen LogP contribution in [0.1, 0.15) is 48.7 Å². The van der Waals surface area contributed by atoms with Gasteiger partial charge in [-0.05, 0) is 41.3 Å². The number of hydrogen-bond donors (Lipinski definition) is 3. The molecule has 0 aromatic heterocycles. The molecule has 2 aromatic rings. The predicted molar refractivity (Wildman–Crippen MR) is 112 cm³/mol. The average Bonchev–Trinajstić information content (AvgIpc) is 2.71. The second-order valence-electron chi connectivity index (χ2n) is 8.00. The number of amides is 2. The van der Waals surface area contributed by atoms with Gasteiger partial charge in [-0.2, -0.15) is 13.2 Å². The molecule has 0 aliphatic rings. The molecule has 0 saturated carbocycles. The van der Waals surface area contributed by atoms with Crippen LogP contribution in [0.15, 0.2) is 53.4 Å². The lowest BCUT2D eigenvalue weighted by Crippen LogP contribution is -2.42. The normalized spacial score (nSPS) is 12.3. The molecule has 0 unspecified atom stereocenters. The predicted octanol–water partition coefficient (Wildman–Crippen LogP) is 3.13. The van der Waals surface area contributed by atoms with E-state index < -0.39 is 38.5 Å². The van der Waals surface area contributed by atoms with Gasteiger partial charge in [0.05, 0.1) is 10.5 Å². The summed E-state index contributed by atoms with van der Waals surface area (Å²) in [6.45, 7) is 5.72. The first-order valence-corrected chi connectivity index (χ1v) is 11.0. The molecule has 0 radical (unpaired) electrons. The van der Waals surface area contributed by atoms with E-state index in [4.69, 9.17) is 0 Å². The van der Waals surface area contributed by atoms with Crippen molar-refractivity contribution in [1.29, 1.82) is 0 Å². The van der Waals surface area contributed by atoms with Gasteiger partial charge < -0.3 is 0 Å². The first kappa shape index (κ1) is 25.3. The van der Waals surface area contributed by atoms with Crippen LogP contribution in [0, 0.1) is 0 Å². The van der Waals surface area contributed by atoms with E-state index in [1.165, 1.54) is 0 Å². The van der Waals surface area contributed by atoms with E-state index in [9.17, 15) is 31.2 Å². The Hall–Kier alpha value is -2.92. The number of sulfonamides is 1. The molecular formula is C21H24F3N3O4S. The van der Waals surface area contributed by atoms with Crippen LogP contribution in [-0.2, 0) is 26.4 Å². The van der Waals surface area contributed by atoms with Crippen LogP contribution in [0.2, 0.25) is 0 Å². The van der Waals surface area contributed by atoms with Crippen LogP contribution < -0.4 is 15.6 Å². The number of nitrogens with one attached hydrogen (secondary N) is 3. The number of alkyl halides is 3. The second-order valence-corrected chi connectivity index (χ2v) is 9.77. The Morgan fingerprint density at radius 1 is 0.906 bits per heavy atom. The van der Waals surface area contributed by atoms with Crippen LogP contribution in [0.5, 0.6) is 0 Å². The van der Waals surface area contributed by atoms with Crippen LogP contribution >= 0.6 is 0 Å². The third kappa shape index (κ3) is 7.06. The summed E-state index contributed by atoms with van der Waals surface area (Å²) in [5.74, 6) is -1.24. The van der Waals surface area contributed by atoms with Gasteiger partial charge in [-0.25, -0.2) is 13.1 Å². The summed E-state index contributed by atoms with van der Waals surface area (Å²) in [4.78, 5) is 23.4. The van der Waals surface area contributed by atoms with Crippen molar-refractivity contribution in [2.24, 2.45) is 0 Å². The van der Waals surface area contributed by atoms with Crippen LogP contribution in [0.3, 0.4) is 0 Å². The topological polar surface area (TPSA) is 104 Å². The van der Waals surface area contributed by atoms with E-state index in [0.717, 1.165) is 23.8 Å². The Kier molecular flexibility index (Phi) is 7.68. The fourth-order valence-electron chi connectivity index (χ4n) is 2.60. The van der Waals surface area contributed by atoms with Crippen molar-refractivity contribution in [3.8, 4) is 0 Å². The Morgan fingerprint density at radius 3 is 2.09 bits per heavy atom. The number of hydrogen-bond acceptors (Lipinski definition) is 4. The standard InChI is InChI=1S/C21H24F3N3O4S/c1-20(2,3)15-9-7-14(8-10-15)19(29)27-26-18(28)11-12-25-32(30,31)17-6-4-5-16(13-17)21(22,23)24/h4-10,13,25H,11-12H2,1-3H3,(H,26,28)(H,27,29). The van der Waals surface area contributed by atoms with Gasteiger partial charge in [-0.3, -0.25) is 20.4 Å². The van der Waals surface area contributed by atoms with Gasteiger partial charge in [-0.1, -0.05) is 39.0 Å². The molecule has 0 atom stereocenters. The Bertz CT molecular complexity index is 1080. The van der Waals surface area contributed by atoms with Gasteiger partial charge in [-0.15, -0.1) is 0 Å². The van der Waals surface area contributed by atoms with Crippen molar-refractivity contribution in [1.82, 2.24) is 15.6 Å². The highest BCUT2D eigenvalue weighted by Gasteiger charge is 2.31. The van der Waals surface area contributed by atoms with Crippen LogP contribution in [0.25, 0.3) is 0 Å². The molecule has 0 aliphatic heterocycles. The third-order valence-electron chi connectivity index (χ3n) is 4.44. The lowest BCUT2D eigenvalue weighted by Gasteiger charge is -2.19. The van der Waals surface area contributed by atoms with Gasteiger partial charge in [0.15, 0.2) is 0 Å². The molecule has 2 rings (SSSR count). The smallest absolute Gasteiger partial charge is 0.273 e. The summed E-state index contributed by atoms with van der Waals surface area (Å²) < 4.78 is 64.6. The molecule has 174 valence electrons. The highest BCUT2D eigenvalue weighted by molar-refractivity contribution is 7.89. The molecule has 2 amide bonds. The van der Waals surface area contributed by atoms with Gasteiger partial charge >= 0.3 is 6.18 Å². The van der Waals surface area contributed by atoms with E-state index in [2.05, 4.69) is 15.6 Å². The first-order valence-electron chi connectivity index (χ1n) is 9.57. The summed E-state index contributed by atoms with van der Waals surface area (Å²) in [5, 5.41) is 0. The second kappa shape index (κ2) is 9.70. The zero-order valence-corrected chi connectivity index (χ0v) is 18.5. The van der Waals surface area contributed by atoms with Crippen molar-refractivity contribution in [3.63, 3.8) is 0 Å². The number of benzene rings is 2. The Labute approximate surface area is 184 Å².